The van der Waals surface area contributed by atoms with Gasteiger partial charge in [0, 0.05) is 20.2 Å². The van der Waals surface area contributed by atoms with Crippen LogP contribution in [0.25, 0.3) is 0 Å². The van der Waals surface area contributed by atoms with Crippen LogP contribution in [0.1, 0.15) is 18.1 Å². The largest absolute Gasteiger partial charge is 0.392 e. The SMILES string of the molecule is COC(CNC(=O)C1CC(O)CN1)c1ccc(F)cc1.Cl. The maximum absolute atomic E-state index is 12.9. The molecule has 0 aromatic heterocycles. The number of amides is 1. The minimum atomic E-state index is -0.471. The molecule has 1 saturated heterocycles. The lowest BCUT2D eigenvalue weighted by molar-refractivity contribution is -0.123. The van der Waals surface area contributed by atoms with Crippen molar-refractivity contribution in [1.29, 1.82) is 0 Å². The third-order valence-electron chi connectivity index (χ3n) is 3.41. The van der Waals surface area contributed by atoms with Crippen LogP contribution in [-0.2, 0) is 9.53 Å². The van der Waals surface area contributed by atoms with Crippen molar-refractivity contribution < 1.29 is 19.0 Å². The number of aliphatic hydroxyl groups is 1. The number of aliphatic hydroxyl groups excluding tert-OH is 1. The van der Waals surface area contributed by atoms with Gasteiger partial charge in [-0.05, 0) is 24.1 Å². The Balaban J connectivity index is 0.00000220. The van der Waals surface area contributed by atoms with Gasteiger partial charge in [-0.1, -0.05) is 12.1 Å². The van der Waals surface area contributed by atoms with Crippen LogP contribution in [0.3, 0.4) is 0 Å². The lowest BCUT2D eigenvalue weighted by Crippen LogP contribution is -2.42. The van der Waals surface area contributed by atoms with Crippen molar-refractivity contribution in [2.75, 3.05) is 20.2 Å². The fourth-order valence-corrected chi connectivity index (χ4v) is 2.25. The normalized spacial score (nSPS) is 22.4. The molecule has 1 aliphatic rings. The molecule has 1 fully saturated rings. The molecule has 3 unspecified atom stereocenters. The van der Waals surface area contributed by atoms with E-state index in [9.17, 15) is 14.3 Å². The van der Waals surface area contributed by atoms with E-state index in [2.05, 4.69) is 10.6 Å². The van der Waals surface area contributed by atoms with Crippen LogP contribution >= 0.6 is 12.4 Å². The number of hydrogen-bond acceptors (Lipinski definition) is 4. The van der Waals surface area contributed by atoms with Crippen molar-refractivity contribution in [3.8, 4) is 0 Å². The molecule has 7 heteroatoms. The van der Waals surface area contributed by atoms with Crippen molar-refractivity contribution in [1.82, 2.24) is 10.6 Å². The lowest BCUT2D eigenvalue weighted by Gasteiger charge is -2.18. The Bertz CT molecular complexity index is 458. The van der Waals surface area contributed by atoms with Crippen LogP contribution in [0.5, 0.6) is 0 Å². The molecule has 1 aliphatic heterocycles. The summed E-state index contributed by atoms with van der Waals surface area (Å²) in [7, 11) is 1.54. The molecule has 118 valence electrons. The number of halogens is 2. The molecule has 0 saturated carbocycles. The van der Waals surface area contributed by atoms with Crippen LogP contribution in [0.15, 0.2) is 24.3 Å². The number of carbonyl (C=O) groups is 1. The fourth-order valence-electron chi connectivity index (χ4n) is 2.25. The van der Waals surface area contributed by atoms with Gasteiger partial charge in [-0.25, -0.2) is 4.39 Å². The third-order valence-corrected chi connectivity index (χ3v) is 3.41. The molecule has 0 aliphatic carbocycles. The minimum Gasteiger partial charge on any atom is -0.392 e. The first-order chi connectivity index (χ1) is 9.60. The number of hydrogen-bond donors (Lipinski definition) is 3. The number of ether oxygens (including phenoxy) is 1. The molecule has 2 rings (SSSR count). The molecular weight excluding hydrogens is 299 g/mol. The Morgan fingerprint density at radius 2 is 2.19 bits per heavy atom. The molecule has 1 aromatic rings. The number of benzene rings is 1. The Morgan fingerprint density at radius 3 is 2.71 bits per heavy atom. The van der Waals surface area contributed by atoms with Gasteiger partial charge in [0.2, 0.25) is 5.91 Å². The topological polar surface area (TPSA) is 70.6 Å². The summed E-state index contributed by atoms with van der Waals surface area (Å²) in [6, 6.07) is 5.62. The van der Waals surface area contributed by atoms with Crippen molar-refractivity contribution in [2.45, 2.75) is 24.7 Å². The van der Waals surface area contributed by atoms with Gasteiger partial charge in [-0.3, -0.25) is 4.79 Å². The number of methoxy groups -OCH3 is 1. The molecule has 5 nitrogen and oxygen atoms in total. The first-order valence-corrected chi connectivity index (χ1v) is 6.57. The minimum absolute atomic E-state index is 0. The van der Waals surface area contributed by atoms with E-state index in [-0.39, 0.29) is 36.3 Å². The predicted octanol–water partition coefficient (Wildman–Crippen LogP) is 0.774. The van der Waals surface area contributed by atoms with E-state index < -0.39 is 6.10 Å². The van der Waals surface area contributed by atoms with Gasteiger partial charge in [0.1, 0.15) is 5.82 Å². The number of β-amino-alcohol motifs (C(OH)–C–C–N with tert-alkyl or cyclic N) is 1. The standard InChI is InChI=1S/C14H19FN2O3.ClH/c1-20-13(9-2-4-10(15)5-3-9)8-17-14(19)12-6-11(18)7-16-12;/h2-5,11-13,16,18H,6-8H2,1H3,(H,17,19);1H. The number of rotatable bonds is 5. The van der Waals surface area contributed by atoms with Crippen LogP contribution in [0.2, 0.25) is 0 Å². The van der Waals surface area contributed by atoms with E-state index in [1.807, 2.05) is 0 Å². The van der Waals surface area contributed by atoms with E-state index in [4.69, 9.17) is 4.74 Å². The lowest BCUT2D eigenvalue weighted by atomic mass is 10.1. The van der Waals surface area contributed by atoms with Crippen molar-refractivity contribution in [3.63, 3.8) is 0 Å². The van der Waals surface area contributed by atoms with Gasteiger partial charge in [-0.2, -0.15) is 0 Å². The van der Waals surface area contributed by atoms with Gasteiger partial charge in [0.15, 0.2) is 0 Å². The fraction of sp³-hybridized carbons (Fsp3) is 0.500. The molecule has 0 bridgehead atoms. The molecule has 3 atom stereocenters. The van der Waals surface area contributed by atoms with Crippen LogP contribution in [0.4, 0.5) is 4.39 Å². The second-order valence-electron chi connectivity index (χ2n) is 4.87. The number of carbonyl (C=O) groups excluding carboxylic acids is 1. The average Bonchev–Trinajstić information content (AvgIpc) is 2.88. The molecule has 3 N–H and O–H groups in total. The molecule has 21 heavy (non-hydrogen) atoms. The number of nitrogens with one attached hydrogen (secondary N) is 2. The third kappa shape index (κ3) is 4.93. The quantitative estimate of drug-likeness (QED) is 0.750. The summed E-state index contributed by atoms with van der Waals surface area (Å²) in [6.45, 7) is 0.735. The van der Waals surface area contributed by atoms with Crippen molar-refractivity contribution >= 4 is 18.3 Å². The van der Waals surface area contributed by atoms with E-state index in [0.29, 0.717) is 19.5 Å². The molecule has 1 heterocycles. The summed E-state index contributed by atoms with van der Waals surface area (Å²) in [5.74, 6) is -0.470. The summed E-state index contributed by atoms with van der Waals surface area (Å²) in [5, 5.41) is 15.1. The second kappa shape index (κ2) is 8.29. The van der Waals surface area contributed by atoms with E-state index in [0.717, 1.165) is 5.56 Å². The Kier molecular flexibility index (Phi) is 7.04. The maximum Gasteiger partial charge on any atom is 0.237 e. The van der Waals surface area contributed by atoms with Crippen LogP contribution in [0, 0.1) is 5.82 Å². The highest BCUT2D eigenvalue weighted by Gasteiger charge is 2.28. The summed E-state index contributed by atoms with van der Waals surface area (Å²) in [5.41, 5.74) is 0.800. The van der Waals surface area contributed by atoms with Crippen LogP contribution in [-0.4, -0.2) is 43.4 Å². The second-order valence-corrected chi connectivity index (χ2v) is 4.87. The van der Waals surface area contributed by atoms with E-state index in [1.54, 1.807) is 12.1 Å². The monoisotopic (exact) mass is 318 g/mol. The van der Waals surface area contributed by atoms with Gasteiger partial charge < -0.3 is 20.5 Å². The Morgan fingerprint density at radius 1 is 1.52 bits per heavy atom. The molecular formula is C14H20ClFN2O3. The highest BCUT2D eigenvalue weighted by molar-refractivity contribution is 5.85. The Hall–Kier alpha value is -1.21. The highest BCUT2D eigenvalue weighted by atomic mass is 35.5. The Labute approximate surface area is 129 Å². The van der Waals surface area contributed by atoms with E-state index >= 15 is 0 Å². The first kappa shape index (κ1) is 17.8. The molecule has 0 spiro atoms. The zero-order chi connectivity index (χ0) is 14.5. The maximum atomic E-state index is 12.9. The summed E-state index contributed by atoms with van der Waals surface area (Å²) >= 11 is 0. The molecule has 1 aromatic carbocycles. The van der Waals surface area contributed by atoms with Gasteiger partial charge in [-0.15, -0.1) is 12.4 Å². The van der Waals surface area contributed by atoms with Crippen LogP contribution < -0.4 is 10.6 Å². The summed E-state index contributed by atoms with van der Waals surface area (Å²) < 4.78 is 18.2. The average molecular weight is 319 g/mol. The van der Waals surface area contributed by atoms with Crippen molar-refractivity contribution in [2.24, 2.45) is 0 Å². The van der Waals surface area contributed by atoms with Gasteiger partial charge in [0.05, 0.1) is 18.2 Å². The molecule has 0 radical (unpaired) electrons. The first-order valence-electron chi connectivity index (χ1n) is 6.57. The predicted molar refractivity (Wildman–Crippen MR) is 78.8 cm³/mol. The summed E-state index contributed by atoms with van der Waals surface area (Å²) in [4.78, 5) is 11.9. The highest BCUT2D eigenvalue weighted by Crippen LogP contribution is 2.16. The van der Waals surface area contributed by atoms with E-state index in [1.165, 1.54) is 19.2 Å². The zero-order valence-corrected chi connectivity index (χ0v) is 12.5. The van der Waals surface area contributed by atoms with Gasteiger partial charge >= 0.3 is 0 Å². The van der Waals surface area contributed by atoms with Crippen molar-refractivity contribution in [3.05, 3.63) is 35.6 Å². The smallest absolute Gasteiger partial charge is 0.237 e. The van der Waals surface area contributed by atoms with Gasteiger partial charge in [0.25, 0.3) is 0 Å². The zero-order valence-electron chi connectivity index (χ0n) is 11.7. The molecule has 1 amide bonds. The summed E-state index contributed by atoms with van der Waals surface area (Å²) in [6.07, 6.45) is -0.382.